The molecule has 1 atom stereocenters. The van der Waals surface area contributed by atoms with Gasteiger partial charge in [-0.1, -0.05) is 19.8 Å². The van der Waals surface area contributed by atoms with Gasteiger partial charge in [-0.25, -0.2) is 4.79 Å². The van der Waals surface area contributed by atoms with Gasteiger partial charge in [0.15, 0.2) is 0 Å². The third kappa shape index (κ3) is 4.18. The van der Waals surface area contributed by atoms with Gasteiger partial charge < -0.3 is 9.64 Å². The number of nitrogens with zero attached hydrogens (tertiary/aromatic N) is 4. The van der Waals surface area contributed by atoms with E-state index in [1.54, 1.807) is 0 Å². The number of amides is 2. The number of ether oxygens (including phenoxy) is 1. The Bertz CT molecular complexity index is 714. The van der Waals surface area contributed by atoms with Crippen molar-refractivity contribution in [2.24, 2.45) is 0 Å². The molecule has 3 rings (SSSR count). The summed E-state index contributed by atoms with van der Waals surface area (Å²) in [4.78, 5) is 29.2. The van der Waals surface area contributed by atoms with Crippen LogP contribution in [-0.2, 0) is 10.3 Å². The molecule has 2 fully saturated rings. The van der Waals surface area contributed by atoms with Crippen LogP contribution in [0.25, 0.3) is 0 Å². The maximum absolute atomic E-state index is 13.1. The molecule has 156 valence electrons. The van der Waals surface area contributed by atoms with Crippen LogP contribution < -0.4 is 0 Å². The molecule has 1 aromatic heterocycles. The van der Waals surface area contributed by atoms with Crippen molar-refractivity contribution in [2.45, 2.75) is 84.3 Å². The zero-order valence-electron chi connectivity index (χ0n) is 17.9. The Morgan fingerprint density at radius 1 is 1.29 bits per heavy atom. The molecule has 28 heavy (non-hydrogen) atoms. The minimum atomic E-state index is -0.247. The monoisotopic (exact) mass is 390 g/mol. The fourth-order valence-electron chi connectivity index (χ4n) is 4.25. The Hall–Kier alpha value is -2.05. The van der Waals surface area contributed by atoms with Gasteiger partial charge in [-0.2, -0.15) is 5.10 Å². The Morgan fingerprint density at radius 2 is 1.96 bits per heavy atom. The van der Waals surface area contributed by atoms with Crippen molar-refractivity contribution < 1.29 is 14.3 Å². The lowest BCUT2D eigenvalue weighted by atomic mass is 10.00. The number of aromatic nitrogens is 2. The summed E-state index contributed by atoms with van der Waals surface area (Å²) in [6, 6.07) is 2.22. The van der Waals surface area contributed by atoms with Gasteiger partial charge in [0.2, 0.25) is 0 Å². The highest BCUT2D eigenvalue weighted by Gasteiger charge is 2.40. The number of likely N-dealkylation sites (tertiary alicyclic amines) is 1. The number of hydrogen-bond donors (Lipinski definition) is 0. The van der Waals surface area contributed by atoms with Gasteiger partial charge in [0, 0.05) is 19.1 Å². The van der Waals surface area contributed by atoms with E-state index in [1.807, 2.05) is 27.5 Å². The lowest BCUT2D eigenvalue weighted by Crippen LogP contribution is -2.50. The van der Waals surface area contributed by atoms with Crippen molar-refractivity contribution in [1.29, 1.82) is 0 Å². The molecule has 2 aliphatic rings. The van der Waals surface area contributed by atoms with Crippen LogP contribution in [-0.4, -0.2) is 63.4 Å². The Labute approximate surface area is 168 Å². The van der Waals surface area contributed by atoms with Crippen molar-refractivity contribution in [2.75, 3.05) is 19.7 Å². The van der Waals surface area contributed by atoms with Gasteiger partial charge in [0.05, 0.1) is 17.3 Å². The van der Waals surface area contributed by atoms with Crippen LogP contribution in [0.3, 0.4) is 0 Å². The van der Waals surface area contributed by atoms with E-state index in [2.05, 4.69) is 32.8 Å². The van der Waals surface area contributed by atoms with Crippen molar-refractivity contribution in [3.63, 3.8) is 0 Å². The molecule has 7 nitrogen and oxygen atoms in total. The first-order valence-electron chi connectivity index (χ1n) is 10.5. The number of carbonyl (C=O) groups is 2. The first-order chi connectivity index (χ1) is 13.2. The lowest BCUT2D eigenvalue weighted by Gasteiger charge is -2.38. The average Bonchev–Trinajstić information content (AvgIpc) is 3.22. The summed E-state index contributed by atoms with van der Waals surface area (Å²) in [5.74, 6) is 0.0282. The molecule has 0 saturated carbocycles. The highest BCUT2D eigenvalue weighted by Crippen LogP contribution is 2.27. The Balaban J connectivity index is 1.66. The molecule has 0 spiro atoms. The van der Waals surface area contributed by atoms with Crippen LogP contribution in [0, 0.1) is 6.92 Å². The molecule has 0 aromatic carbocycles. The zero-order chi connectivity index (χ0) is 20.5. The number of rotatable bonds is 5. The molecule has 0 aliphatic carbocycles. The summed E-state index contributed by atoms with van der Waals surface area (Å²) in [5, 5.41) is 4.52. The third-order valence-corrected chi connectivity index (χ3v) is 5.73. The molecule has 2 aliphatic heterocycles. The smallest absolute Gasteiger partial charge is 0.410 e. The van der Waals surface area contributed by atoms with Gasteiger partial charge >= 0.3 is 6.09 Å². The maximum Gasteiger partial charge on any atom is 0.410 e. The van der Waals surface area contributed by atoms with E-state index in [0.29, 0.717) is 25.4 Å². The highest BCUT2D eigenvalue weighted by molar-refractivity contribution is 5.93. The molecule has 3 heterocycles. The van der Waals surface area contributed by atoms with Crippen molar-refractivity contribution in [1.82, 2.24) is 19.6 Å². The van der Waals surface area contributed by atoms with Crippen LogP contribution >= 0.6 is 0 Å². The molecule has 0 N–H and O–H groups in total. The summed E-state index contributed by atoms with van der Waals surface area (Å²) in [6.07, 6.45) is 4.62. The maximum atomic E-state index is 13.1. The summed E-state index contributed by atoms with van der Waals surface area (Å²) in [7, 11) is 0. The first-order valence-corrected chi connectivity index (χ1v) is 10.5. The number of unbranched alkanes of at least 4 members (excludes halogenated alkanes) is 1. The lowest BCUT2D eigenvalue weighted by molar-refractivity contribution is 0.0614. The van der Waals surface area contributed by atoms with Crippen molar-refractivity contribution >= 4 is 12.0 Å². The normalized spacial score (nSPS) is 21.3. The van der Waals surface area contributed by atoms with Gasteiger partial charge in [-0.05, 0) is 53.0 Å². The number of hydrogen-bond acceptors (Lipinski definition) is 4. The second-order valence-corrected chi connectivity index (χ2v) is 9.06. The topological polar surface area (TPSA) is 67.7 Å². The van der Waals surface area contributed by atoms with E-state index in [1.165, 1.54) is 0 Å². The quantitative estimate of drug-likeness (QED) is 0.771. The third-order valence-electron chi connectivity index (χ3n) is 5.73. The second kappa shape index (κ2) is 8.13. The van der Waals surface area contributed by atoms with E-state index >= 15 is 0 Å². The van der Waals surface area contributed by atoms with Crippen molar-refractivity contribution in [3.05, 3.63) is 17.5 Å². The standard InChI is InChI=1S/C21H34N4O3/c1-6-7-8-17-14-28-20(27)24(17)16-9-11-23(12-10-16)19(26)18-13-15(2)22-25(18)21(3,4)5/h13,16-17H,6-12,14H2,1-5H3. The zero-order valence-corrected chi connectivity index (χ0v) is 17.9. The predicted molar refractivity (Wildman–Crippen MR) is 107 cm³/mol. The molecule has 2 amide bonds. The molecule has 1 aromatic rings. The molecule has 0 bridgehead atoms. The summed E-state index contributed by atoms with van der Waals surface area (Å²) < 4.78 is 7.15. The van der Waals surface area contributed by atoms with E-state index in [9.17, 15) is 9.59 Å². The first kappa shape index (κ1) is 20.7. The van der Waals surface area contributed by atoms with E-state index in [4.69, 9.17) is 4.74 Å². The Morgan fingerprint density at radius 3 is 2.57 bits per heavy atom. The Kier molecular flexibility index (Phi) is 6.01. The van der Waals surface area contributed by atoms with Gasteiger partial charge in [0.25, 0.3) is 5.91 Å². The minimum absolute atomic E-state index is 0.0282. The minimum Gasteiger partial charge on any atom is -0.447 e. The number of aryl methyl sites for hydroxylation is 1. The number of cyclic esters (lactones) is 1. The SMILES string of the molecule is CCCCC1COC(=O)N1C1CCN(C(=O)c2cc(C)nn2C(C)(C)C)CC1. The average molecular weight is 391 g/mol. The van der Waals surface area contributed by atoms with Gasteiger partial charge in [-0.15, -0.1) is 0 Å². The van der Waals surface area contributed by atoms with E-state index in [-0.39, 0.29) is 29.6 Å². The second-order valence-electron chi connectivity index (χ2n) is 9.06. The van der Waals surface area contributed by atoms with Crippen molar-refractivity contribution in [3.8, 4) is 0 Å². The summed E-state index contributed by atoms with van der Waals surface area (Å²) in [6.45, 7) is 12.1. The summed E-state index contributed by atoms with van der Waals surface area (Å²) in [5.41, 5.74) is 1.25. The molecule has 7 heteroatoms. The fraction of sp³-hybridized carbons (Fsp3) is 0.762. The molecule has 2 saturated heterocycles. The van der Waals surface area contributed by atoms with E-state index in [0.717, 1.165) is 37.8 Å². The van der Waals surface area contributed by atoms with Crippen LogP contribution in [0.1, 0.15) is 76.0 Å². The summed E-state index contributed by atoms with van der Waals surface area (Å²) >= 11 is 0. The molecule has 1 unspecified atom stereocenters. The van der Waals surface area contributed by atoms with Crippen LogP contribution in [0.4, 0.5) is 4.79 Å². The largest absolute Gasteiger partial charge is 0.447 e. The van der Waals surface area contributed by atoms with E-state index < -0.39 is 0 Å². The van der Waals surface area contributed by atoms with Crippen LogP contribution in [0.5, 0.6) is 0 Å². The predicted octanol–water partition coefficient (Wildman–Crippen LogP) is 3.56. The van der Waals surface area contributed by atoms with Crippen LogP contribution in [0.15, 0.2) is 6.07 Å². The molecular formula is C21H34N4O3. The number of piperidine rings is 1. The van der Waals surface area contributed by atoms with Crippen LogP contribution in [0.2, 0.25) is 0 Å². The van der Waals surface area contributed by atoms with Gasteiger partial charge in [0.1, 0.15) is 12.3 Å². The fourth-order valence-corrected chi connectivity index (χ4v) is 4.25. The molecular weight excluding hydrogens is 356 g/mol. The number of carbonyl (C=O) groups excluding carboxylic acids is 2. The van der Waals surface area contributed by atoms with Gasteiger partial charge in [-0.3, -0.25) is 14.4 Å². The highest BCUT2D eigenvalue weighted by atomic mass is 16.6. The molecule has 0 radical (unpaired) electrons.